The number of benzene rings is 1. The predicted molar refractivity (Wildman–Crippen MR) is 157 cm³/mol. The summed E-state index contributed by atoms with van der Waals surface area (Å²) in [6.07, 6.45) is 1.69. The topological polar surface area (TPSA) is 36.9 Å². The summed E-state index contributed by atoms with van der Waals surface area (Å²) < 4.78 is 27.7. The molecule has 0 amide bonds. The van der Waals surface area contributed by atoms with Crippen LogP contribution in [0.1, 0.15) is 59.9 Å². The van der Waals surface area contributed by atoms with Gasteiger partial charge in [-0.25, -0.2) is 0 Å². The maximum absolute atomic E-state index is 7.11. The molecule has 4 nitrogen and oxygen atoms in total. The average Bonchev–Trinajstić information content (AvgIpc) is 2.66. The molecule has 1 aromatic rings. The highest BCUT2D eigenvalue weighted by Gasteiger charge is 2.50. The molecular weight excluding hydrogens is 485 g/mol. The molecular formula is C28H54O4Si3. The van der Waals surface area contributed by atoms with Crippen molar-refractivity contribution in [2.45, 2.75) is 141 Å². The van der Waals surface area contributed by atoms with E-state index in [2.05, 4.69) is 118 Å². The van der Waals surface area contributed by atoms with Crippen molar-refractivity contribution in [2.24, 2.45) is 0 Å². The zero-order valence-electron chi connectivity index (χ0n) is 25.0. The van der Waals surface area contributed by atoms with Crippen molar-refractivity contribution in [2.75, 3.05) is 0 Å². The molecule has 1 aliphatic rings. The zero-order valence-corrected chi connectivity index (χ0v) is 28.0. The van der Waals surface area contributed by atoms with Crippen molar-refractivity contribution in [1.82, 2.24) is 0 Å². The first-order valence-corrected chi connectivity index (χ1v) is 22.6. The second-order valence-corrected chi connectivity index (χ2v) is 28.4. The Bertz CT molecular complexity index is 753. The molecule has 7 heteroatoms. The second-order valence-electron chi connectivity index (χ2n) is 14.4. The van der Waals surface area contributed by atoms with Gasteiger partial charge in [0.1, 0.15) is 0 Å². The minimum atomic E-state index is -2.02. The van der Waals surface area contributed by atoms with E-state index in [4.69, 9.17) is 18.0 Å². The summed E-state index contributed by atoms with van der Waals surface area (Å²) in [6, 6.07) is 10.5. The van der Waals surface area contributed by atoms with Crippen LogP contribution in [0.5, 0.6) is 0 Å². The molecule has 0 spiro atoms. The van der Waals surface area contributed by atoms with Gasteiger partial charge in [-0.1, -0.05) is 71.9 Å². The Morgan fingerprint density at radius 3 is 1.49 bits per heavy atom. The lowest BCUT2D eigenvalue weighted by Gasteiger charge is -2.50. The summed E-state index contributed by atoms with van der Waals surface area (Å²) in [5.41, 5.74) is 1.21. The number of ether oxygens (including phenoxy) is 1. The van der Waals surface area contributed by atoms with E-state index in [9.17, 15) is 0 Å². The zero-order chi connectivity index (χ0) is 26.9. The third kappa shape index (κ3) is 8.90. The molecule has 0 aromatic heterocycles. The Morgan fingerprint density at radius 2 is 1.11 bits per heavy atom. The lowest BCUT2D eigenvalue weighted by Crippen LogP contribution is -2.60. The molecule has 1 aliphatic carbocycles. The normalized spacial score (nSPS) is 25.1. The van der Waals surface area contributed by atoms with Gasteiger partial charge < -0.3 is 18.0 Å². The molecule has 0 aliphatic heterocycles. The van der Waals surface area contributed by atoms with E-state index >= 15 is 0 Å². The summed E-state index contributed by atoms with van der Waals surface area (Å²) in [5.74, 6) is 0. The van der Waals surface area contributed by atoms with Crippen LogP contribution in [0.4, 0.5) is 0 Å². The molecule has 202 valence electrons. The van der Waals surface area contributed by atoms with E-state index < -0.39 is 25.0 Å². The lowest BCUT2D eigenvalue weighted by atomic mass is 9.90. The molecule has 2 unspecified atom stereocenters. The first-order valence-electron chi connectivity index (χ1n) is 13.4. The van der Waals surface area contributed by atoms with Gasteiger partial charge in [-0.15, -0.1) is 0 Å². The van der Waals surface area contributed by atoms with Crippen LogP contribution in [0.15, 0.2) is 30.3 Å². The van der Waals surface area contributed by atoms with Crippen molar-refractivity contribution >= 4 is 25.0 Å². The van der Waals surface area contributed by atoms with Crippen molar-refractivity contribution in [3.63, 3.8) is 0 Å². The van der Waals surface area contributed by atoms with Crippen molar-refractivity contribution in [3.05, 3.63) is 35.9 Å². The van der Waals surface area contributed by atoms with Crippen LogP contribution in [0.25, 0.3) is 0 Å². The van der Waals surface area contributed by atoms with Gasteiger partial charge in [0.05, 0.1) is 31.0 Å². The third-order valence-electron chi connectivity index (χ3n) is 8.05. The van der Waals surface area contributed by atoms with Crippen molar-refractivity contribution < 1.29 is 18.0 Å². The predicted octanol–water partition coefficient (Wildman–Crippen LogP) is 8.37. The summed E-state index contributed by atoms with van der Waals surface area (Å²) in [7, 11) is -5.86. The quantitative estimate of drug-likeness (QED) is 0.296. The highest BCUT2D eigenvalue weighted by Crippen LogP contribution is 2.43. The first-order chi connectivity index (χ1) is 15.7. The first kappa shape index (κ1) is 30.9. The molecule has 2 atom stereocenters. The van der Waals surface area contributed by atoms with Gasteiger partial charge in [0.25, 0.3) is 0 Å². The highest BCUT2D eigenvalue weighted by atomic mass is 28.4. The van der Waals surface area contributed by atoms with E-state index in [1.54, 1.807) is 0 Å². The summed E-state index contributed by atoms with van der Waals surface area (Å²) in [6.45, 7) is 30.7. The van der Waals surface area contributed by atoms with E-state index in [-0.39, 0.29) is 34.5 Å². The molecule has 2 rings (SSSR count). The summed E-state index contributed by atoms with van der Waals surface area (Å²) >= 11 is 0. The maximum atomic E-state index is 7.11. The fraction of sp³-hybridized carbons (Fsp3) is 0.786. The number of hydrogen-bond donors (Lipinski definition) is 0. The fourth-order valence-electron chi connectivity index (χ4n) is 3.95. The summed E-state index contributed by atoms with van der Waals surface area (Å²) in [5, 5.41) is 0.259. The molecule has 1 saturated carbocycles. The van der Waals surface area contributed by atoms with Gasteiger partial charge in [-0.3, -0.25) is 0 Å². The largest absolute Gasteiger partial charge is 0.411 e. The standard InChI is InChI=1S/C28H54O4Si3/c1-27(2,3)34(10,11)30-24-19-23(29-21-22-17-15-14-16-18-22)20-25(26(24)32-33(7,8)9)31-35(12,13)28(4,5)6/h14-18,23-26H,19-21H2,1-13H3. The van der Waals surface area contributed by atoms with Crippen LogP contribution in [0.3, 0.4) is 0 Å². The minimum Gasteiger partial charge on any atom is -0.411 e. The van der Waals surface area contributed by atoms with Crippen molar-refractivity contribution in [1.29, 1.82) is 0 Å². The van der Waals surface area contributed by atoms with E-state index in [1.807, 2.05) is 0 Å². The minimum absolute atomic E-state index is 0.0214. The van der Waals surface area contributed by atoms with Crippen LogP contribution < -0.4 is 0 Å². The highest BCUT2D eigenvalue weighted by molar-refractivity contribution is 6.74. The van der Waals surface area contributed by atoms with E-state index in [1.165, 1.54) is 5.56 Å². The van der Waals surface area contributed by atoms with Gasteiger partial charge in [-0.05, 0) is 61.5 Å². The molecule has 0 radical (unpaired) electrons. The second kappa shape index (κ2) is 11.2. The Hall–Kier alpha value is -0.289. The molecule has 0 heterocycles. The monoisotopic (exact) mass is 538 g/mol. The maximum Gasteiger partial charge on any atom is 0.192 e. The van der Waals surface area contributed by atoms with Crippen LogP contribution in [0.2, 0.25) is 55.9 Å². The Balaban J connectivity index is 2.40. The number of hydrogen-bond acceptors (Lipinski definition) is 4. The average molecular weight is 539 g/mol. The lowest BCUT2D eigenvalue weighted by molar-refractivity contribution is -0.118. The molecule has 1 aromatic carbocycles. The molecule has 0 N–H and O–H groups in total. The summed E-state index contributed by atoms with van der Waals surface area (Å²) in [4.78, 5) is 0. The van der Waals surface area contributed by atoms with Crippen LogP contribution in [-0.4, -0.2) is 49.4 Å². The molecule has 35 heavy (non-hydrogen) atoms. The van der Waals surface area contributed by atoms with Gasteiger partial charge in [0, 0.05) is 12.8 Å². The Labute approximate surface area is 219 Å². The Kier molecular flexibility index (Phi) is 9.91. The van der Waals surface area contributed by atoms with Gasteiger partial charge in [0.2, 0.25) is 0 Å². The van der Waals surface area contributed by atoms with E-state index in [0.717, 1.165) is 12.8 Å². The van der Waals surface area contributed by atoms with Crippen LogP contribution in [-0.2, 0) is 24.6 Å². The van der Waals surface area contributed by atoms with Gasteiger partial charge in [-0.2, -0.15) is 0 Å². The van der Waals surface area contributed by atoms with Gasteiger partial charge >= 0.3 is 0 Å². The third-order valence-corrected chi connectivity index (χ3v) is 18.0. The number of rotatable bonds is 9. The van der Waals surface area contributed by atoms with Crippen LogP contribution in [0, 0.1) is 0 Å². The SMILES string of the molecule is CC(C)(C)[Si](C)(C)OC1CC(OCc2ccccc2)CC(O[Si](C)(C)C(C)(C)C)C1O[Si](C)(C)C. The molecule has 0 saturated heterocycles. The smallest absolute Gasteiger partial charge is 0.192 e. The van der Waals surface area contributed by atoms with E-state index in [0.29, 0.717) is 6.61 Å². The van der Waals surface area contributed by atoms with Gasteiger partial charge in [0.15, 0.2) is 25.0 Å². The molecule has 0 bridgehead atoms. The van der Waals surface area contributed by atoms with Crippen molar-refractivity contribution in [3.8, 4) is 0 Å². The fourth-order valence-corrected chi connectivity index (χ4v) is 7.75. The molecule has 1 fully saturated rings. The van der Waals surface area contributed by atoms with Crippen LogP contribution >= 0.6 is 0 Å². The Morgan fingerprint density at radius 1 is 0.686 bits per heavy atom.